The topological polar surface area (TPSA) is 15.3 Å². The van der Waals surface area contributed by atoms with Crippen LogP contribution >= 0.6 is 11.3 Å². The third-order valence-corrected chi connectivity index (χ3v) is 5.30. The summed E-state index contributed by atoms with van der Waals surface area (Å²) in [5.74, 6) is 0.770. The lowest BCUT2D eigenvalue weighted by Crippen LogP contribution is -2.56. The van der Waals surface area contributed by atoms with Crippen LogP contribution in [0.15, 0.2) is 12.1 Å². The normalized spacial score (nSPS) is 26.8. The Labute approximate surface area is 122 Å². The first-order valence-electron chi connectivity index (χ1n) is 7.52. The van der Waals surface area contributed by atoms with Gasteiger partial charge >= 0.3 is 0 Å². The van der Waals surface area contributed by atoms with Crippen LogP contribution in [0.25, 0.3) is 0 Å². The summed E-state index contributed by atoms with van der Waals surface area (Å²) in [6.07, 6.45) is 1.28. The van der Waals surface area contributed by atoms with Crippen molar-refractivity contribution in [2.75, 3.05) is 13.1 Å². The Bertz CT molecular complexity index is 399. The van der Waals surface area contributed by atoms with E-state index in [0.29, 0.717) is 18.1 Å². The van der Waals surface area contributed by atoms with Crippen molar-refractivity contribution in [1.82, 2.24) is 10.2 Å². The Morgan fingerprint density at radius 2 is 2.11 bits per heavy atom. The quantitative estimate of drug-likeness (QED) is 0.902. The summed E-state index contributed by atoms with van der Waals surface area (Å²) >= 11 is 1.94. The second-order valence-corrected chi connectivity index (χ2v) is 7.72. The maximum absolute atomic E-state index is 3.70. The third kappa shape index (κ3) is 3.80. The highest BCUT2D eigenvalue weighted by Crippen LogP contribution is 2.30. The molecule has 3 heteroatoms. The molecule has 108 valence electrons. The Balaban J connectivity index is 2.04. The minimum Gasteiger partial charge on any atom is -0.311 e. The summed E-state index contributed by atoms with van der Waals surface area (Å²) in [6, 6.07) is 6.37. The van der Waals surface area contributed by atoms with Crippen LogP contribution in [-0.4, -0.2) is 30.1 Å². The maximum atomic E-state index is 3.70. The molecule has 0 spiro atoms. The first kappa shape index (κ1) is 15.0. The van der Waals surface area contributed by atoms with E-state index in [1.807, 2.05) is 11.3 Å². The van der Waals surface area contributed by atoms with Gasteiger partial charge in [0.25, 0.3) is 0 Å². The van der Waals surface area contributed by atoms with E-state index in [0.717, 1.165) is 12.5 Å². The van der Waals surface area contributed by atoms with Gasteiger partial charge in [-0.1, -0.05) is 13.8 Å². The molecule has 0 amide bonds. The van der Waals surface area contributed by atoms with E-state index in [4.69, 9.17) is 0 Å². The van der Waals surface area contributed by atoms with Gasteiger partial charge in [0.1, 0.15) is 0 Å². The predicted octanol–water partition coefficient (Wildman–Crippen LogP) is 3.83. The zero-order chi connectivity index (χ0) is 14.0. The molecule has 1 N–H and O–H groups in total. The van der Waals surface area contributed by atoms with Crippen molar-refractivity contribution in [2.45, 2.75) is 59.2 Å². The lowest BCUT2D eigenvalue weighted by molar-refractivity contribution is 0.0938. The minimum atomic E-state index is 0.547. The Kier molecular flexibility index (Phi) is 5.04. The number of thiophene rings is 1. The molecule has 0 aliphatic carbocycles. The number of rotatable bonds is 4. The van der Waals surface area contributed by atoms with Gasteiger partial charge in [-0.25, -0.2) is 0 Å². The van der Waals surface area contributed by atoms with E-state index in [1.54, 1.807) is 0 Å². The Hall–Kier alpha value is -0.380. The molecule has 3 unspecified atom stereocenters. The summed E-state index contributed by atoms with van der Waals surface area (Å²) in [5.41, 5.74) is 0. The Morgan fingerprint density at radius 3 is 2.68 bits per heavy atom. The second-order valence-electron chi connectivity index (χ2n) is 6.40. The van der Waals surface area contributed by atoms with Gasteiger partial charge in [-0.2, -0.15) is 0 Å². The molecule has 2 rings (SSSR count). The fourth-order valence-corrected chi connectivity index (χ4v) is 4.01. The van der Waals surface area contributed by atoms with Crippen LogP contribution < -0.4 is 5.32 Å². The minimum absolute atomic E-state index is 0.547. The van der Waals surface area contributed by atoms with E-state index >= 15 is 0 Å². The van der Waals surface area contributed by atoms with Crippen molar-refractivity contribution in [3.63, 3.8) is 0 Å². The van der Waals surface area contributed by atoms with Crippen LogP contribution in [0.5, 0.6) is 0 Å². The summed E-state index contributed by atoms with van der Waals surface area (Å²) < 4.78 is 0. The molecule has 1 saturated heterocycles. The zero-order valence-corrected chi connectivity index (χ0v) is 13.8. The first-order valence-corrected chi connectivity index (χ1v) is 8.34. The van der Waals surface area contributed by atoms with Gasteiger partial charge in [0.05, 0.1) is 0 Å². The fraction of sp³-hybridized carbons (Fsp3) is 0.750. The van der Waals surface area contributed by atoms with Crippen LogP contribution in [0.2, 0.25) is 0 Å². The first-order chi connectivity index (χ1) is 8.97. The summed E-state index contributed by atoms with van der Waals surface area (Å²) in [5, 5.41) is 3.70. The summed E-state index contributed by atoms with van der Waals surface area (Å²) in [6.45, 7) is 13.8. The van der Waals surface area contributed by atoms with Crippen LogP contribution in [0.1, 0.15) is 49.9 Å². The van der Waals surface area contributed by atoms with Gasteiger partial charge in [0, 0.05) is 41.0 Å². The Morgan fingerprint density at radius 1 is 1.37 bits per heavy atom. The molecule has 19 heavy (non-hydrogen) atoms. The molecule has 3 atom stereocenters. The molecule has 1 aromatic rings. The number of hydrogen-bond donors (Lipinski definition) is 1. The highest BCUT2D eigenvalue weighted by molar-refractivity contribution is 7.12. The van der Waals surface area contributed by atoms with Crippen molar-refractivity contribution < 1.29 is 0 Å². The van der Waals surface area contributed by atoms with Gasteiger partial charge in [0.2, 0.25) is 0 Å². The number of piperazine rings is 1. The van der Waals surface area contributed by atoms with E-state index in [9.17, 15) is 0 Å². The van der Waals surface area contributed by atoms with Crippen LogP contribution in [0.4, 0.5) is 0 Å². The van der Waals surface area contributed by atoms with Gasteiger partial charge < -0.3 is 5.32 Å². The standard InChI is InChI=1S/C16H28N2S/c1-11(2)8-15-10-18(12(3)9-17-15)14(5)16-7-6-13(4)19-16/h6-7,11-12,14-15,17H,8-10H2,1-5H3. The van der Waals surface area contributed by atoms with Crippen molar-refractivity contribution in [3.05, 3.63) is 21.9 Å². The largest absolute Gasteiger partial charge is 0.311 e. The van der Waals surface area contributed by atoms with Crippen LogP contribution in [0, 0.1) is 12.8 Å². The van der Waals surface area contributed by atoms with Crippen molar-refractivity contribution in [1.29, 1.82) is 0 Å². The molecule has 1 aliphatic heterocycles. The smallest absolute Gasteiger partial charge is 0.0417 e. The van der Waals surface area contributed by atoms with Gasteiger partial charge in [-0.05, 0) is 45.2 Å². The molecule has 0 bridgehead atoms. The van der Waals surface area contributed by atoms with Gasteiger partial charge in [0.15, 0.2) is 0 Å². The van der Waals surface area contributed by atoms with Crippen molar-refractivity contribution >= 4 is 11.3 Å². The van der Waals surface area contributed by atoms with Crippen molar-refractivity contribution in [3.8, 4) is 0 Å². The highest BCUT2D eigenvalue weighted by Gasteiger charge is 2.29. The number of hydrogen-bond acceptors (Lipinski definition) is 3. The summed E-state index contributed by atoms with van der Waals surface area (Å²) in [4.78, 5) is 5.60. The van der Waals surface area contributed by atoms with Crippen LogP contribution in [-0.2, 0) is 0 Å². The predicted molar refractivity (Wildman–Crippen MR) is 84.9 cm³/mol. The molecule has 0 saturated carbocycles. The summed E-state index contributed by atoms with van der Waals surface area (Å²) in [7, 11) is 0. The highest BCUT2D eigenvalue weighted by atomic mass is 32.1. The van der Waals surface area contributed by atoms with Gasteiger partial charge in [-0.15, -0.1) is 11.3 Å². The molecule has 2 nitrogen and oxygen atoms in total. The van der Waals surface area contributed by atoms with Crippen molar-refractivity contribution in [2.24, 2.45) is 5.92 Å². The molecular formula is C16H28N2S. The van der Waals surface area contributed by atoms with E-state index in [1.165, 1.54) is 22.7 Å². The SMILES string of the molecule is Cc1ccc(C(C)N2CC(CC(C)C)NCC2C)s1. The van der Waals surface area contributed by atoms with E-state index in [2.05, 4.69) is 57.0 Å². The zero-order valence-electron chi connectivity index (χ0n) is 12.9. The van der Waals surface area contributed by atoms with Crippen LogP contribution in [0.3, 0.4) is 0 Å². The van der Waals surface area contributed by atoms with Gasteiger partial charge in [-0.3, -0.25) is 4.90 Å². The van der Waals surface area contributed by atoms with E-state index < -0.39 is 0 Å². The molecular weight excluding hydrogens is 252 g/mol. The van der Waals surface area contributed by atoms with E-state index in [-0.39, 0.29) is 0 Å². The molecule has 1 fully saturated rings. The molecule has 2 heterocycles. The maximum Gasteiger partial charge on any atom is 0.0417 e. The monoisotopic (exact) mass is 280 g/mol. The number of nitrogens with zero attached hydrogens (tertiary/aromatic N) is 1. The molecule has 1 aliphatic rings. The average molecular weight is 280 g/mol. The lowest BCUT2D eigenvalue weighted by atomic mass is 9.99. The second kappa shape index (κ2) is 6.38. The molecule has 0 radical (unpaired) electrons. The molecule has 0 aromatic carbocycles. The lowest BCUT2D eigenvalue weighted by Gasteiger charge is -2.42. The average Bonchev–Trinajstić information content (AvgIpc) is 2.77. The number of nitrogens with one attached hydrogen (secondary N) is 1. The number of aryl methyl sites for hydroxylation is 1. The third-order valence-electron chi connectivity index (χ3n) is 4.13. The molecule has 1 aromatic heterocycles. The fourth-order valence-electron chi connectivity index (χ4n) is 3.06.